The monoisotopic (exact) mass is 336 g/mol. The lowest BCUT2D eigenvalue weighted by molar-refractivity contribution is -0.136. The van der Waals surface area contributed by atoms with Crippen LogP contribution >= 0.6 is 0 Å². The molecule has 0 radical (unpaired) electrons. The highest BCUT2D eigenvalue weighted by Crippen LogP contribution is 2.33. The van der Waals surface area contributed by atoms with Gasteiger partial charge in [0.25, 0.3) is 0 Å². The van der Waals surface area contributed by atoms with Gasteiger partial charge >= 0.3 is 5.97 Å². The number of Topliss-reactive ketones (excluding diaryl/α,β-unsaturated/α-hetero) is 1. The number of carboxylic acid groups (broad SMARTS) is 1. The zero-order valence-electron chi connectivity index (χ0n) is 13.2. The third-order valence-electron chi connectivity index (χ3n) is 3.88. The van der Waals surface area contributed by atoms with E-state index < -0.39 is 5.97 Å². The molecule has 1 aliphatic carbocycles. The molecule has 3 heterocycles. The van der Waals surface area contributed by atoms with Crippen molar-refractivity contribution in [3.8, 4) is 0 Å². The van der Waals surface area contributed by atoms with Gasteiger partial charge < -0.3 is 24.9 Å². The molecule has 0 spiro atoms. The van der Waals surface area contributed by atoms with E-state index in [1.807, 2.05) is 14.7 Å². The fourth-order valence-corrected chi connectivity index (χ4v) is 2.44. The molecule has 0 amide bonds. The molecular formula is C15H20N4O5. The summed E-state index contributed by atoms with van der Waals surface area (Å²) in [5.41, 5.74) is 1.89. The number of ketones is 2. The Bertz CT molecular complexity index is 630. The van der Waals surface area contributed by atoms with Crippen LogP contribution in [-0.2, 0) is 14.4 Å². The van der Waals surface area contributed by atoms with E-state index in [1.54, 1.807) is 0 Å². The SMILES string of the molecule is O=C(O)CNCO.O=C1C=C(N2CC2)C(=O)C(N2CC2)=C1N1CC1. The molecule has 3 aliphatic heterocycles. The lowest BCUT2D eigenvalue weighted by Crippen LogP contribution is -2.29. The first kappa shape index (κ1) is 16.5. The highest BCUT2D eigenvalue weighted by Gasteiger charge is 2.43. The van der Waals surface area contributed by atoms with Gasteiger partial charge in [-0.2, -0.15) is 0 Å². The maximum Gasteiger partial charge on any atom is 0.317 e. The normalized spacial score (nSPS) is 21.4. The number of carbonyl (C=O) groups is 3. The summed E-state index contributed by atoms with van der Waals surface area (Å²) in [7, 11) is 0. The number of aliphatic carboxylic acids is 1. The fourth-order valence-electron chi connectivity index (χ4n) is 2.44. The number of nitrogens with zero attached hydrogens (tertiary/aromatic N) is 3. The third-order valence-corrected chi connectivity index (χ3v) is 3.88. The Labute approximate surface area is 138 Å². The highest BCUT2D eigenvalue weighted by atomic mass is 16.4. The molecule has 0 aromatic carbocycles. The van der Waals surface area contributed by atoms with Crippen LogP contribution in [0.4, 0.5) is 0 Å². The molecule has 3 saturated heterocycles. The molecule has 4 aliphatic rings. The van der Waals surface area contributed by atoms with Crippen molar-refractivity contribution < 1.29 is 24.6 Å². The van der Waals surface area contributed by atoms with Gasteiger partial charge in [-0.15, -0.1) is 0 Å². The van der Waals surface area contributed by atoms with Gasteiger partial charge in [0.05, 0.1) is 19.0 Å². The summed E-state index contributed by atoms with van der Waals surface area (Å²) in [5, 5.41) is 18.0. The number of hydrogen-bond acceptors (Lipinski definition) is 8. The van der Waals surface area contributed by atoms with Gasteiger partial charge in [-0.05, 0) is 0 Å². The molecule has 3 fully saturated rings. The quantitative estimate of drug-likeness (QED) is 0.282. The number of nitrogens with one attached hydrogen (secondary N) is 1. The predicted octanol–water partition coefficient (Wildman–Crippen LogP) is -2.21. The molecule has 9 nitrogen and oxygen atoms in total. The maximum atomic E-state index is 12.4. The first-order valence-electron chi connectivity index (χ1n) is 7.86. The Morgan fingerprint density at radius 1 is 1.00 bits per heavy atom. The minimum atomic E-state index is -0.964. The van der Waals surface area contributed by atoms with Crippen LogP contribution in [0.3, 0.4) is 0 Å². The lowest BCUT2D eigenvalue weighted by Gasteiger charge is -2.21. The summed E-state index contributed by atoms with van der Waals surface area (Å²) in [6, 6.07) is 0. The summed E-state index contributed by atoms with van der Waals surface area (Å²) < 4.78 is 0. The zero-order valence-corrected chi connectivity index (χ0v) is 13.2. The number of hydrogen-bond donors (Lipinski definition) is 3. The van der Waals surface area contributed by atoms with Gasteiger partial charge in [0.1, 0.15) is 11.4 Å². The Hall–Kier alpha value is -2.39. The van der Waals surface area contributed by atoms with Crippen LogP contribution in [0.1, 0.15) is 0 Å². The smallest absolute Gasteiger partial charge is 0.317 e. The summed E-state index contributed by atoms with van der Waals surface area (Å²) in [4.78, 5) is 40.1. The summed E-state index contributed by atoms with van der Waals surface area (Å²) in [5.74, 6) is -0.915. The summed E-state index contributed by atoms with van der Waals surface area (Å²) in [6.45, 7) is 4.94. The van der Waals surface area contributed by atoms with Crippen LogP contribution in [0.5, 0.6) is 0 Å². The van der Waals surface area contributed by atoms with Crippen LogP contribution in [0.15, 0.2) is 23.2 Å². The van der Waals surface area contributed by atoms with Crippen LogP contribution in [0, 0.1) is 0 Å². The van der Waals surface area contributed by atoms with Crippen LogP contribution in [-0.4, -0.2) is 95.0 Å². The van der Waals surface area contributed by atoms with Crippen molar-refractivity contribution in [3.63, 3.8) is 0 Å². The van der Waals surface area contributed by atoms with Crippen molar-refractivity contribution in [2.24, 2.45) is 0 Å². The Balaban J connectivity index is 0.000000209. The van der Waals surface area contributed by atoms with Crippen molar-refractivity contribution >= 4 is 17.5 Å². The van der Waals surface area contributed by atoms with E-state index in [0.717, 1.165) is 39.3 Å². The first-order chi connectivity index (χ1) is 11.5. The second-order valence-corrected chi connectivity index (χ2v) is 5.86. The predicted molar refractivity (Wildman–Crippen MR) is 82.6 cm³/mol. The molecule has 0 bridgehead atoms. The third kappa shape index (κ3) is 3.74. The first-order valence-corrected chi connectivity index (χ1v) is 7.86. The number of rotatable bonds is 6. The number of allylic oxidation sites excluding steroid dienone is 1. The number of carbonyl (C=O) groups excluding carboxylic acids is 2. The second-order valence-electron chi connectivity index (χ2n) is 5.86. The maximum absolute atomic E-state index is 12.4. The van der Waals surface area contributed by atoms with E-state index in [0.29, 0.717) is 17.1 Å². The van der Waals surface area contributed by atoms with E-state index in [2.05, 4.69) is 5.32 Å². The molecule has 3 N–H and O–H groups in total. The van der Waals surface area contributed by atoms with Crippen LogP contribution in [0.2, 0.25) is 0 Å². The summed E-state index contributed by atoms with van der Waals surface area (Å²) in [6.07, 6.45) is 1.52. The van der Waals surface area contributed by atoms with E-state index in [4.69, 9.17) is 10.2 Å². The number of carboxylic acids is 1. The molecule has 0 saturated carbocycles. The van der Waals surface area contributed by atoms with Gasteiger partial charge in [-0.3, -0.25) is 19.7 Å². The second kappa shape index (κ2) is 6.62. The van der Waals surface area contributed by atoms with Crippen LogP contribution in [0.25, 0.3) is 0 Å². The van der Waals surface area contributed by atoms with Crippen molar-refractivity contribution in [1.82, 2.24) is 20.0 Å². The lowest BCUT2D eigenvalue weighted by atomic mass is 10.0. The van der Waals surface area contributed by atoms with Gasteiger partial charge in [-0.25, -0.2) is 0 Å². The van der Waals surface area contributed by atoms with Gasteiger partial charge in [0.15, 0.2) is 0 Å². The fraction of sp³-hybridized carbons (Fsp3) is 0.533. The minimum absolute atomic E-state index is 0.00546. The van der Waals surface area contributed by atoms with Gasteiger partial charge in [-0.1, -0.05) is 0 Å². The van der Waals surface area contributed by atoms with Crippen molar-refractivity contribution in [3.05, 3.63) is 23.2 Å². The Kier molecular flexibility index (Phi) is 4.54. The van der Waals surface area contributed by atoms with Gasteiger partial charge in [0, 0.05) is 45.3 Å². The number of aliphatic hydroxyl groups excluding tert-OH is 1. The van der Waals surface area contributed by atoms with E-state index >= 15 is 0 Å². The van der Waals surface area contributed by atoms with Crippen molar-refractivity contribution in [2.75, 3.05) is 52.5 Å². The summed E-state index contributed by atoms with van der Waals surface area (Å²) >= 11 is 0. The standard InChI is InChI=1S/C12H13N3O2.C3H7NO3/c16-9-7-8(13-1-2-13)12(17)11(15-5-6-15)10(9)14-3-4-14;5-2-4-1-3(6)7/h7H,1-6H2;4-5H,1-2H2,(H,6,7). The van der Waals surface area contributed by atoms with Crippen molar-refractivity contribution in [1.29, 1.82) is 0 Å². The topological polar surface area (TPSA) is 113 Å². The van der Waals surface area contributed by atoms with E-state index in [1.165, 1.54) is 6.08 Å². The average Bonchev–Trinajstić information content (AvgIpc) is 3.40. The molecule has 4 rings (SSSR count). The molecule has 0 aromatic heterocycles. The molecule has 24 heavy (non-hydrogen) atoms. The Morgan fingerprint density at radius 2 is 1.54 bits per heavy atom. The number of aliphatic hydroxyl groups is 1. The largest absolute Gasteiger partial charge is 0.480 e. The highest BCUT2D eigenvalue weighted by molar-refractivity contribution is 6.22. The minimum Gasteiger partial charge on any atom is -0.480 e. The average molecular weight is 336 g/mol. The van der Waals surface area contributed by atoms with E-state index in [-0.39, 0.29) is 24.8 Å². The van der Waals surface area contributed by atoms with Crippen LogP contribution < -0.4 is 5.32 Å². The van der Waals surface area contributed by atoms with E-state index in [9.17, 15) is 14.4 Å². The molecular weight excluding hydrogens is 316 g/mol. The molecule has 9 heteroatoms. The molecule has 0 aromatic rings. The Morgan fingerprint density at radius 3 is 1.96 bits per heavy atom. The van der Waals surface area contributed by atoms with Crippen molar-refractivity contribution in [2.45, 2.75) is 0 Å². The zero-order chi connectivity index (χ0) is 17.3. The molecule has 0 unspecified atom stereocenters. The molecule has 0 atom stereocenters. The molecule has 130 valence electrons. The van der Waals surface area contributed by atoms with Gasteiger partial charge in [0.2, 0.25) is 11.6 Å².